The van der Waals surface area contributed by atoms with E-state index in [-0.39, 0.29) is 0 Å². The second-order valence-electron chi connectivity index (χ2n) is 5.09. The van der Waals surface area contributed by atoms with E-state index in [4.69, 9.17) is 5.73 Å². The Bertz CT molecular complexity index is 371. The Kier molecular flexibility index (Phi) is 3.20. The predicted octanol–water partition coefficient (Wildman–Crippen LogP) is 2.69. The lowest BCUT2D eigenvalue weighted by Crippen LogP contribution is -2.17. The Morgan fingerprint density at radius 2 is 2.19 bits per heavy atom. The average molecular weight is 218 g/mol. The minimum atomic E-state index is 0.592. The fourth-order valence-electron chi connectivity index (χ4n) is 2.78. The van der Waals surface area contributed by atoms with Crippen LogP contribution in [0.5, 0.6) is 0 Å². The zero-order chi connectivity index (χ0) is 11.7. The first-order valence-electron chi connectivity index (χ1n) is 6.19. The van der Waals surface area contributed by atoms with Crippen molar-refractivity contribution in [3.63, 3.8) is 0 Å². The highest BCUT2D eigenvalue weighted by molar-refractivity contribution is 5.65. The van der Waals surface area contributed by atoms with E-state index in [1.54, 1.807) is 0 Å². The molecule has 0 amide bonds. The molecule has 1 aliphatic rings. The molecule has 0 aromatic heterocycles. The molecule has 16 heavy (non-hydrogen) atoms. The SMILES string of the molecule is CC(C)c1cccc2c1N(C)CC2CCN. The first-order valence-corrected chi connectivity index (χ1v) is 6.19. The highest BCUT2D eigenvalue weighted by Gasteiger charge is 2.28. The van der Waals surface area contributed by atoms with E-state index in [0.717, 1.165) is 19.5 Å². The number of benzene rings is 1. The zero-order valence-electron chi connectivity index (χ0n) is 10.5. The molecule has 0 aliphatic carbocycles. The number of para-hydroxylation sites is 1. The van der Waals surface area contributed by atoms with Crippen molar-refractivity contribution in [3.8, 4) is 0 Å². The fraction of sp³-hybridized carbons (Fsp3) is 0.571. The van der Waals surface area contributed by atoms with Gasteiger partial charge in [0.25, 0.3) is 0 Å². The van der Waals surface area contributed by atoms with Crippen LogP contribution in [-0.2, 0) is 0 Å². The number of anilines is 1. The van der Waals surface area contributed by atoms with Crippen LogP contribution >= 0.6 is 0 Å². The van der Waals surface area contributed by atoms with Gasteiger partial charge in [0.15, 0.2) is 0 Å². The maximum atomic E-state index is 5.69. The normalized spacial score (nSPS) is 19.3. The third-order valence-electron chi connectivity index (χ3n) is 3.55. The van der Waals surface area contributed by atoms with Crippen LogP contribution < -0.4 is 10.6 Å². The number of hydrogen-bond acceptors (Lipinski definition) is 2. The molecule has 0 bridgehead atoms. The summed E-state index contributed by atoms with van der Waals surface area (Å²) in [5.41, 5.74) is 10.1. The number of rotatable bonds is 3. The summed E-state index contributed by atoms with van der Waals surface area (Å²) >= 11 is 0. The summed E-state index contributed by atoms with van der Waals surface area (Å²) in [4.78, 5) is 2.39. The van der Waals surface area contributed by atoms with Crippen molar-refractivity contribution in [2.24, 2.45) is 5.73 Å². The van der Waals surface area contributed by atoms with Crippen molar-refractivity contribution in [3.05, 3.63) is 29.3 Å². The molecule has 0 fully saturated rings. The highest BCUT2D eigenvalue weighted by Crippen LogP contribution is 2.41. The van der Waals surface area contributed by atoms with Crippen LogP contribution in [0.1, 0.15) is 43.2 Å². The molecule has 1 aromatic rings. The first kappa shape index (κ1) is 11.5. The molecule has 88 valence electrons. The maximum absolute atomic E-state index is 5.69. The molecule has 0 spiro atoms. The summed E-state index contributed by atoms with van der Waals surface area (Å²) in [7, 11) is 2.20. The second-order valence-corrected chi connectivity index (χ2v) is 5.09. The third-order valence-corrected chi connectivity index (χ3v) is 3.55. The molecule has 1 aromatic carbocycles. The zero-order valence-corrected chi connectivity index (χ0v) is 10.5. The quantitative estimate of drug-likeness (QED) is 0.845. The van der Waals surface area contributed by atoms with Crippen molar-refractivity contribution in [2.45, 2.75) is 32.1 Å². The summed E-state index contributed by atoms with van der Waals surface area (Å²) in [6, 6.07) is 6.71. The van der Waals surface area contributed by atoms with Gasteiger partial charge in [-0.05, 0) is 30.0 Å². The van der Waals surface area contributed by atoms with Crippen LogP contribution in [-0.4, -0.2) is 20.1 Å². The minimum absolute atomic E-state index is 0.592. The lowest BCUT2D eigenvalue weighted by molar-refractivity contribution is 0.662. The Morgan fingerprint density at radius 1 is 1.44 bits per heavy atom. The second kappa shape index (κ2) is 4.46. The summed E-state index contributed by atoms with van der Waals surface area (Å²) in [6.45, 7) is 6.43. The fourth-order valence-corrected chi connectivity index (χ4v) is 2.78. The monoisotopic (exact) mass is 218 g/mol. The van der Waals surface area contributed by atoms with Gasteiger partial charge in [0.1, 0.15) is 0 Å². The molecule has 2 rings (SSSR count). The highest BCUT2D eigenvalue weighted by atomic mass is 15.1. The van der Waals surface area contributed by atoms with E-state index in [9.17, 15) is 0 Å². The molecule has 2 N–H and O–H groups in total. The summed E-state index contributed by atoms with van der Waals surface area (Å²) in [5.74, 6) is 1.22. The van der Waals surface area contributed by atoms with E-state index in [1.807, 2.05) is 0 Å². The molecule has 0 saturated carbocycles. The molecule has 2 heteroatoms. The summed E-state index contributed by atoms with van der Waals surface area (Å²) in [6.07, 6.45) is 1.10. The van der Waals surface area contributed by atoms with Gasteiger partial charge in [0, 0.05) is 25.2 Å². The van der Waals surface area contributed by atoms with Gasteiger partial charge in [-0.3, -0.25) is 0 Å². The Hall–Kier alpha value is -1.02. The Labute approximate surface area is 98.4 Å². The Balaban J connectivity index is 2.43. The molecule has 1 atom stereocenters. The average Bonchev–Trinajstić information content (AvgIpc) is 2.57. The van der Waals surface area contributed by atoms with Gasteiger partial charge in [0.2, 0.25) is 0 Å². The van der Waals surface area contributed by atoms with Crippen molar-refractivity contribution < 1.29 is 0 Å². The molecule has 0 radical (unpaired) electrons. The Morgan fingerprint density at radius 3 is 2.81 bits per heavy atom. The van der Waals surface area contributed by atoms with E-state index >= 15 is 0 Å². The van der Waals surface area contributed by atoms with Crippen molar-refractivity contribution in [1.82, 2.24) is 0 Å². The standard InChI is InChI=1S/C14H22N2/c1-10(2)12-5-4-6-13-11(7-8-15)9-16(3)14(12)13/h4-6,10-11H,7-9,15H2,1-3H3. The van der Waals surface area contributed by atoms with Crippen LogP contribution in [0.25, 0.3) is 0 Å². The summed E-state index contributed by atoms with van der Waals surface area (Å²) < 4.78 is 0. The van der Waals surface area contributed by atoms with Gasteiger partial charge < -0.3 is 10.6 Å². The van der Waals surface area contributed by atoms with E-state index in [2.05, 4.69) is 44.0 Å². The summed E-state index contributed by atoms with van der Waals surface area (Å²) in [5, 5.41) is 0. The van der Waals surface area contributed by atoms with E-state index < -0.39 is 0 Å². The molecule has 1 heterocycles. The van der Waals surface area contributed by atoms with Gasteiger partial charge in [-0.15, -0.1) is 0 Å². The largest absolute Gasteiger partial charge is 0.374 e. The third kappa shape index (κ3) is 1.82. The molecule has 1 aliphatic heterocycles. The number of nitrogens with two attached hydrogens (primary N) is 1. The lowest BCUT2D eigenvalue weighted by Gasteiger charge is -2.18. The van der Waals surface area contributed by atoms with Gasteiger partial charge >= 0.3 is 0 Å². The topological polar surface area (TPSA) is 29.3 Å². The van der Waals surface area contributed by atoms with Crippen LogP contribution in [0, 0.1) is 0 Å². The first-order chi connectivity index (χ1) is 7.65. The smallest absolute Gasteiger partial charge is 0.0435 e. The number of fused-ring (bicyclic) bond motifs is 1. The van der Waals surface area contributed by atoms with Gasteiger partial charge in [-0.25, -0.2) is 0 Å². The molecule has 1 unspecified atom stereocenters. The predicted molar refractivity (Wildman–Crippen MR) is 70.2 cm³/mol. The van der Waals surface area contributed by atoms with Gasteiger partial charge in [-0.2, -0.15) is 0 Å². The van der Waals surface area contributed by atoms with Crippen LogP contribution in [0.2, 0.25) is 0 Å². The van der Waals surface area contributed by atoms with Crippen molar-refractivity contribution >= 4 is 5.69 Å². The van der Waals surface area contributed by atoms with E-state index in [0.29, 0.717) is 11.8 Å². The number of nitrogens with zero attached hydrogens (tertiary/aromatic N) is 1. The van der Waals surface area contributed by atoms with Crippen LogP contribution in [0.3, 0.4) is 0 Å². The van der Waals surface area contributed by atoms with E-state index in [1.165, 1.54) is 16.8 Å². The number of hydrogen-bond donors (Lipinski definition) is 1. The molecular weight excluding hydrogens is 196 g/mol. The molecule has 0 saturated heterocycles. The van der Waals surface area contributed by atoms with Crippen molar-refractivity contribution in [2.75, 3.05) is 25.0 Å². The van der Waals surface area contributed by atoms with Crippen LogP contribution in [0.15, 0.2) is 18.2 Å². The van der Waals surface area contributed by atoms with Crippen LogP contribution in [0.4, 0.5) is 5.69 Å². The number of likely N-dealkylation sites (N-methyl/N-ethyl adjacent to an activating group) is 1. The van der Waals surface area contributed by atoms with Crippen molar-refractivity contribution in [1.29, 1.82) is 0 Å². The lowest BCUT2D eigenvalue weighted by atomic mass is 9.93. The van der Waals surface area contributed by atoms with Gasteiger partial charge in [0.05, 0.1) is 0 Å². The maximum Gasteiger partial charge on any atom is 0.0435 e. The molecule has 2 nitrogen and oxygen atoms in total. The van der Waals surface area contributed by atoms with Gasteiger partial charge in [-0.1, -0.05) is 32.0 Å². The molecular formula is C14H22N2. The minimum Gasteiger partial charge on any atom is -0.374 e.